The van der Waals surface area contributed by atoms with Crippen molar-refractivity contribution in [1.82, 2.24) is 19.3 Å². The molecule has 2 aromatic rings. The van der Waals surface area contributed by atoms with Gasteiger partial charge in [0.25, 0.3) is 0 Å². The molecule has 0 aliphatic rings. The van der Waals surface area contributed by atoms with E-state index in [0.717, 1.165) is 10.7 Å². The summed E-state index contributed by atoms with van der Waals surface area (Å²) in [6, 6.07) is 0. The van der Waals surface area contributed by atoms with Crippen LogP contribution in [0.3, 0.4) is 0 Å². The molecular formula is C8H9N5S. The maximum atomic E-state index is 4.20. The molecule has 0 radical (unpaired) electrons. The lowest BCUT2D eigenvalue weighted by molar-refractivity contribution is 1.10. The van der Waals surface area contributed by atoms with E-state index in [1.54, 1.807) is 19.4 Å². The number of hydrogen-bond acceptors (Lipinski definition) is 6. The number of hydrogen-bond donors (Lipinski definition) is 1. The van der Waals surface area contributed by atoms with Gasteiger partial charge in [0, 0.05) is 31.0 Å². The molecule has 6 heteroatoms. The van der Waals surface area contributed by atoms with Gasteiger partial charge < -0.3 is 5.32 Å². The summed E-state index contributed by atoms with van der Waals surface area (Å²) in [7, 11) is 1.81. The van der Waals surface area contributed by atoms with E-state index < -0.39 is 0 Å². The van der Waals surface area contributed by atoms with Crippen LogP contribution in [-0.2, 0) is 0 Å². The van der Waals surface area contributed by atoms with Gasteiger partial charge in [-0.25, -0.2) is 9.97 Å². The number of rotatable bonds is 2. The van der Waals surface area contributed by atoms with Crippen LogP contribution in [0.4, 0.5) is 5.13 Å². The highest BCUT2D eigenvalue weighted by atomic mass is 32.1. The van der Waals surface area contributed by atoms with Gasteiger partial charge >= 0.3 is 0 Å². The Kier molecular flexibility index (Phi) is 2.36. The Morgan fingerprint density at radius 1 is 1.21 bits per heavy atom. The number of aromatic nitrogens is 4. The van der Waals surface area contributed by atoms with Crippen molar-refractivity contribution in [3.05, 3.63) is 18.0 Å². The van der Waals surface area contributed by atoms with Crippen LogP contribution in [0.2, 0.25) is 0 Å². The van der Waals surface area contributed by atoms with Crippen LogP contribution in [0.5, 0.6) is 0 Å². The summed E-state index contributed by atoms with van der Waals surface area (Å²) in [6.07, 6.45) is 3.50. The molecule has 0 aliphatic carbocycles. The van der Waals surface area contributed by atoms with Gasteiger partial charge in [-0.1, -0.05) is 0 Å². The van der Waals surface area contributed by atoms with E-state index in [-0.39, 0.29) is 0 Å². The monoisotopic (exact) mass is 207 g/mol. The van der Waals surface area contributed by atoms with E-state index in [4.69, 9.17) is 0 Å². The molecule has 0 saturated heterocycles. The topological polar surface area (TPSA) is 63.6 Å². The van der Waals surface area contributed by atoms with Gasteiger partial charge in [-0.3, -0.25) is 0 Å². The minimum absolute atomic E-state index is 0.563. The summed E-state index contributed by atoms with van der Waals surface area (Å²) < 4.78 is 4.13. The van der Waals surface area contributed by atoms with Crippen molar-refractivity contribution in [3.63, 3.8) is 0 Å². The van der Waals surface area contributed by atoms with E-state index in [1.165, 1.54) is 11.5 Å². The normalized spacial score (nSPS) is 10.1. The molecule has 2 heterocycles. The van der Waals surface area contributed by atoms with Crippen LogP contribution in [0, 0.1) is 6.92 Å². The largest absolute Gasteiger partial charge is 0.363 e. The molecule has 0 atom stereocenters. The smallest absolute Gasteiger partial charge is 0.212 e. The van der Waals surface area contributed by atoms with Crippen LogP contribution in [0.15, 0.2) is 12.4 Å². The Morgan fingerprint density at radius 2 is 1.93 bits per heavy atom. The molecule has 72 valence electrons. The summed E-state index contributed by atoms with van der Waals surface area (Å²) in [6.45, 7) is 1.94. The van der Waals surface area contributed by atoms with Crippen LogP contribution < -0.4 is 5.32 Å². The Labute approximate surface area is 85.4 Å². The average Bonchev–Trinajstić information content (AvgIpc) is 2.67. The number of aryl methyl sites for hydroxylation is 1. The van der Waals surface area contributed by atoms with Crippen molar-refractivity contribution in [2.45, 2.75) is 6.92 Å². The van der Waals surface area contributed by atoms with Gasteiger partial charge in [0.2, 0.25) is 11.0 Å². The third-order valence-electron chi connectivity index (χ3n) is 1.62. The van der Waals surface area contributed by atoms with Crippen LogP contribution in [0.25, 0.3) is 11.6 Å². The highest BCUT2D eigenvalue weighted by Crippen LogP contribution is 2.16. The predicted octanol–water partition coefficient (Wildman–Crippen LogP) is 1.35. The van der Waals surface area contributed by atoms with Gasteiger partial charge in [-0.05, 0) is 12.5 Å². The van der Waals surface area contributed by atoms with E-state index in [1.807, 2.05) is 6.92 Å². The van der Waals surface area contributed by atoms with Crippen LogP contribution in [0.1, 0.15) is 5.56 Å². The van der Waals surface area contributed by atoms with Crippen LogP contribution in [-0.4, -0.2) is 26.4 Å². The van der Waals surface area contributed by atoms with Crippen LogP contribution >= 0.6 is 11.5 Å². The fourth-order valence-electron chi connectivity index (χ4n) is 0.924. The Balaban J connectivity index is 2.34. The second kappa shape index (κ2) is 3.67. The van der Waals surface area contributed by atoms with Gasteiger partial charge in [-0.15, -0.1) is 0 Å². The quantitative estimate of drug-likeness (QED) is 0.805. The first kappa shape index (κ1) is 9.01. The summed E-state index contributed by atoms with van der Waals surface area (Å²) in [5, 5.41) is 3.69. The first-order chi connectivity index (χ1) is 6.79. The third kappa shape index (κ3) is 1.69. The van der Waals surface area contributed by atoms with E-state index >= 15 is 0 Å². The molecule has 0 unspecified atom stereocenters. The van der Waals surface area contributed by atoms with Gasteiger partial charge in [0.15, 0.2) is 5.82 Å². The lowest BCUT2D eigenvalue weighted by Gasteiger charge is -1.93. The standard InChI is InChI=1S/C8H9N5S/c1-5-3-10-6(11-4-5)7-12-8(9-2)14-13-7/h3-4H,1-2H3,(H,9,12,13). The second-order valence-corrected chi connectivity index (χ2v) is 3.51. The number of anilines is 1. The molecule has 1 N–H and O–H groups in total. The van der Waals surface area contributed by atoms with Gasteiger partial charge in [0.05, 0.1) is 0 Å². The van der Waals surface area contributed by atoms with Crippen molar-refractivity contribution in [3.8, 4) is 11.6 Å². The molecule has 14 heavy (non-hydrogen) atoms. The van der Waals surface area contributed by atoms with E-state index in [9.17, 15) is 0 Å². The minimum Gasteiger partial charge on any atom is -0.363 e. The molecule has 5 nitrogen and oxygen atoms in total. The molecule has 2 rings (SSSR count). The summed E-state index contributed by atoms with van der Waals surface area (Å²) in [5.41, 5.74) is 1.03. The van der Waals surface area contributed by atoms with Gasteiger partial charge in [-0.2, -0.15) is 9.36 Å². The Bertz CT molecular complexity index is 422. The van der Waals surface area contributed by atoms with Crippen molar-refractivity contribution >= 4 is 16.7 Å². The van der Waals surface area contributed by atoms with E-state index in [2.05, 4.69) is 24.6 Å². The fourth-order valence-corrected chi connectivity index (χ4v) is 1.44. The molecule has 0 aliphatic heterocycles. The highest BCUT2D eigenvalue weighted by molar-refractivity contribution is 7.09. The molecule has 0 saturated carbocycles. The summed E-state index contributed by atoms with van der Waals surface area (Å²) in [5.74, 6) is 1.13. The molecule has 0 bridgehead atoms. The molecule has 0 aromatic carbocycles. The first-order valence-corrected chi connectivity index (χ1v) is 4.87. The Hall–Kier alpha value is -1.56. The zero-order valence-corrected chi connectivity index (χ0v) is 8.67. The molecule has 0 amide bonds. The van der Waals surface area contributed by atoms with Crippen molar-refractivity contribution in [2.24, 2.45) is 0 Å². The lowest BCUT2D eigenvalue weighted by atomic mass is 10.4. The second-order valence-electron chi connectivity index (χ2n) is 2.76. The van der Waals surface area contributed by atoms with Crippen molar-refractivity contribution in [2.75, 3.05) is 12.4 Å². The Morgan fingerprint density at radius 3 is 2.50 bits per heavy atom. The fraction of sp³-hybridized carbons (Fsp3) is 0.250. The zero-order valence-electron chi connectivity index (χ0n) is 7.85. The van der Waals surface area contributed by atoms with Gasteiger partial charge in [0.1, 0.15) is 0 Å². The third-order valence-corrected chi connectivity index (χ3v) is 2.35. The molecule has 0 spiro atoms. The summed E-state index contributed by atoms with van der Waals surface area (Å²) in [4.78, 5) is 12.5. The zero-order chi connectivity index (χ0) is 9.97. The first-order valence-electron chi connectivity index (χ1n) is 4.10. The molecule has 2 aromatic heterocycles. The predicted molar refractivity (Wildman–Crippen MR) is 55.2 cm³/mol. The highest BCUT2D eigenvalue weighted by Gasteiger charge is 2.07. The van der Waals surface area contributed by atoms with E-state index in [0.29, 0.717) is 11.6 Å². The minimum atomic E-state index is 0.563. The number of nitrogens with one attached hydrogen (secondary N) is 1. The number of nitrogens with zero attached hydrogens (tertiary/aromatic N) is 4. The molecular weight excluding hydrogens is 198 g/mol. The van der Waals surface area contributed by atoms with Crippen molar-refractivity contribution in [1.29, 1.82) is 0 Å². The summed E-state index contributed by atoms with van der Waals surface area (Å²) >= 11 is 1.30. The maximum absolute atomic E-state index is 4.20. The average molecular weight is 207 g/mol. The maximum Gasteiger partial charge on any atom is 0.212 e. The SMILES string of the molecule is CNc1nc(-c2ncc(C)cn2)ns1. The van der Waals surface area contributed by atoms with Crippen molar-refractivity contribution < 1.29 is 0 Å². The molecule has 0 fully saturated rings. The lowest BCUT2D eigenvalue weighted by Crippen LogP contribution is -1.91.